The van der Waals surface area contributed by atoms with Crippen LogP contribution in [0.1, 0.15) is 45.4 Å². The quantitative estimate of drug-likeness (QED) is 0.664. The van der Waals surface area contributed by atoms with Gasteiger partial charge in [0.05, 0.1) is 23.4 Å². The summed E-state index contributed by atoms with van der Waals surface area (Å²) in [5.74, 6) is 1.39. The summed E-state index contributed by atoms with van der Waals surface area (Å²) < 4.78 is 11.8. The predicted molar refractivity (Wildman–Crippen MR) is 107 cm³/mol. The van der Waals surface area contributed by atoms with Crippen molar-refractivity contribution in [2.24, 2.45) is 0 Å². The zero-order chi connectivity index (χ0) is 17.6. The second-order valence-corrected chi connectivity index (χ2v) is 8.47. The first-order valence-electron chi connectivity index (χ1n) is 8.25. The topological polar surface area (TPSA) is 59.6 Å². The van der Waals surface area contributed by atoms with E-state index < -0.39 is 0 Å². The van der Waals surface area contributed by atoms with E-state index in [0.717, 1.165) is 32.5 Å². The van der Waals surface area contributed by atoms with Crippen LogP contribution in [-0.2, 0) is 12.8 Å². The summed E-state index contributed by atoms with van der Waals surface area (Å²) in [4.78, 5) is 14.1. The molecule has 1 amide bonds. The standard InChI is InChI=1S/C18H19IN2O3S/c1-23-12-8-9(7-11(19)15(12)24-2)16-20-17(22)14-10-5-3-4-6-13(10)25-18(14)21-16/h7-8,16,21H,3-6H2,1-2H3,(H,20,22). The highest BCUT2D eigenvalue weighted by Crippen LogP contribution is 2.42. The number of benzene rings is 1. The van der Waals surface area contributed by atoms with Crippen LogP contribution in [0.2, 0.25) is 0 Å². The Morgan fingerprint density at radius 3 is 2.72 bits per heavy atom. The van der Waals surface area contributed by atoms with Crippen molar-refractivity contribution in [3.05, 3.63) is 37.3 Å². The van der Waals surface area contributed by atoms with Gasteiger partial charge in [0.15, 0.2) is 11.5 Å². The number of fused-ring (bicyclic) bond motifs is 3. The second-order valence-electron chi connectivity index (χ2n) is 6.20. The number of aryl methyl sites for hydroxylation is 1. The third kappa shape index (κ3) is 2.87. The van der Waals surface area contributed by atoms with E-state index in [9.17, 15) is 4.79 Å². The minimum absolute atomic E-state index is 0.0166. The van der Waals surface area contributed by atoms with Crippen molar-refractivity contribution in [1.29, 1.82) is 0 Å². The fourth-order valence-electron chi connectivity index (χ4n) is 3.55. The maximum Gasteiger partial charge on any atom is 0.256 e. The Kier molecular flexibility index (Phi) is 4.53. The molecule has 0 spiro atoms. The highest BCUT2D eigenvalue weighted by atomic mass is 127. The fourth-order valence-corrected chi connectivity index (χ4v) is 5.71. The van der Waals surface area contributed by atoms with Crippen LogP contribution in [0.15, 0.2) is 12.1 Å². The summed E-state index contributed by atoms with van der Waals surface area (Å²) in [6.07, 6.45) is 4.20. The van der Waals surface area contributed by atoms with Gasteiger partial charge in [-0.15, -0.1) is 11.3 Å². The van der Waals surface area contributed by atoms with E-state index in [1.165, 1.54) is 23.3 Å². The molecule has 132 valence electrons. The SMILES string of the molecule is COc1cc(C2NC(=O)c3c(sc4c3CCCC4)N2)cc(I)c1OC. The number of rotatable bonds is 3. The number of halogens is 1. The lowest BCUT2D eigenvalue weighted by molar-refractivity contribution is 0.0935. The van der Waals surface area contributed by atoms with E-state index in [1.807, 2.05) is 12.1 Å². The number of ether oxygens (including phenoxy) is 2. The number of hydrogen-bond acceptors (Lipinski definition) is 5. The average Bonchev–Trinajstić information content (AvgIpc) is 2.99. The zero-order valence-corrected chi connectivity index (χ0v) is 17.0. The number of carbonyl (C=O) groups is 1. The summed E-state index contributed by atoms with van der Waals surface area (Å²) in [6, 6.07) is 3.93. The van der Waals surface area contributed by atoms with Gasteiger partial charge >= 0.3 is 0 Å². The molecule has 1 aliphatic carbocycles. The van der Waals surface area contributed by atoms with Crippen molar-refractivity contribution in [2.75, 3.05) is 19.5 Å². The lowest BCUT2D eigenvalue weighted by Gasteiger charge is -2.27. The van der Waals surface area contributed by atoms with Gasteiger partial charge in [-0.1, -0.05) is 0 Å². The Bertz CT molecular complexity index is 849. The van der Waals surface area contributed by atoms with Crippen molar-refractivity contribution in [3.63, 3.8) is 0 Å². The molecule has 5 nitrogen and oxygen atoms in total. The molecule has 1 aromatic carbocycles. The van der Waals surface area contributed by atoms with Gasteiger partial charge in [0.25, 0.3) is 5.91 Å². The molecule has 0 saturated heterocycles. The summed E-state index contributed by atoms with van der Waals surface area (Å²) in [6.45, 7) is 0. The molecule has 7 heteroatoms. The number of amides is 1. The maximum atomic E-state index is 12.8. The maximum absolute atomic E-state index is 12.8. The van der Waals surface area contributed by atoms with Gasteiger partial charge in [0, 0.05) is 4.88 Å². The predicted octanol–water partition coefficient (Wildman–Crippen LogP) is 4.10. The summed E-state index contributed by atoms with van der Waals surface area (Å²) >= 11 is 3.96. The van der Waals surface area contributed by atoms with Gasteiger partial charge in [-0.25, -0.2) is 0 Å². The monoisotopic (exact) mass is 470 g/mol. The molecule has 2 aliphatic rings. The summed E-state index contributed by atoms with van der Waals surface area (Å²) in [5.41, 5.74) is 3.05. The number of anilines is 1. The Morgan fingerprint density at radius 2 is 1.96 bits per heavy atom. The van der Waals surface area contributed by atoms with E-state index >= 15 is 0 Å². The molecular formula is C18H19IN2O3S. The van der Waals surface area contributed by atoms with Crippen LogP contribution in [0.5, 0.6) is 11.5 Å². The molecule has 2 aromatic rings. The first kappa shape index (κ1) is 17.0. The van der Waals surface area contributed by atoms with E-state index in [1.54, 1.807) is 25.6 Å². The van der Waals surface area contributed by atoms with Gasteiger partial charge in [-0.05, 0) is 71.5 Å². The van der Waals surface area contributed by atoms with E-state index in [4.69, 9.17) is 9.47 Å². The van der Waals surface area contributed by atoms with Crippen LogP contribution in [0.4, 0.5) is 5.00 Å². The van der Waals surface area contributed by atoms with E-state index in [2.05, 4.69) is 33.2 Å². The van der Waals surface area contributed by atoms with Gasteiger partial charge < -0.3 is 20.1 Å². The molecule has 1 aliphatic heterocycles. The van der Waals surface area contributed by atoms with E-state index in [0.29, 0.717) is 11.5 Å². The first-order valence-corrected chi connectivity index (χ1v) is 10.1. The number of hydrogen-bond donors (Lipinski definition) is 2. The lowest BCUT2D eigenvalue weighted by atomic mass is 9.94. The third-order valence-electron chi connectivity index (χ3n) is 4.74. The minimum atomic E-state index is -0.270. The Balaban J connectivity index is 1.71. The molecule has 1 aromatic heterocycles. The molecule has 1 unspecified atom stereocenters. The fraction of sp³-hybridized carbons (Fsp3) is 0.389. The van der Waals surface area contributed by atoms with Gasteiger partial charge in [0.1, 0.15) is 11.2 Å². The second kappa shape index (κ2) is 6.68. The summed E-state index contributed by atoms with van der Waals surface area (Å²) in [5, 5.41) is 7.59. The minimum Gasteiger partial charge on any atom is -0.493 e. The Morgan fingerprint density at radius 1 is 1.16 bits per heavy atom. The van der Waals surface area contributed by atoms with Crippen LogP contribution in [-0.4, -0.2) is 20.1 Å². The number of nitrogens with one attached hydrogen (secondary N) is 2. The van der Waals surface area contributed by atoms with E-state index in [-0.39, 0.29) is 12.1 Å². The first-order chi connectivity index (χ1) is 12.1. The largest absolute Gasteiger partial charge is 0.493 e. The molecular weight excluding hydrogens is 451 g/mol. The van der Waals surface area contributed by atoms with Crippen molar-refractivity contribution < 1.29 is 14.3 Å². The highest BCUT2D eigenvalue weighted by Gasteiger charge is 2.32. The van der Waals surface area contributed by atoms with Crippen molar-refractivity contribution >= 4 is 44.8 Å². The van der Waals surface area contributed by atoms with Crippen LogP contribution >= 0.6 is 33.9 Å². The van der Waals surface area contributed by atoms with Crippen molar-refractivity contribution in [2.45, 2.75) is 31.8 Å². The average molecular weight is 470 g/mol. The van der Waals surface area contributed by atoms with Gasteiger partial charge in [-0.2, -0.15) is 0 Å². The molecule has 0 fully saturated rings. The molecule has 0 bridgehead atoms. The van der Waals surface area contributed by atoms with Crippen LogP contribution < -0.4 is 20.1 Å². The number of methoxy groups -OCH3 is 2. The molecule has 4 rings (SSSR count). The van der Waals surface area contributed by atoms with Crippen LogP contribution in [0.25, 0.3) is 0 Å². The molecule has 1 atom stereocenters. The van der Waals surface area contributed by atoms with Gasteiger partial charge in [0.2, 0.25) is 0 Å². The highest BCUT2D eigenvalue weighted by molar-refractivity contribution is 14.1. The van der Waals surface area contributed by atoms with Crippen molar-refractivity contribution in [1.82, 2.24) is 5.32 Å². The lowest BCUT2D eigenvalue weighted by Crippen LogP contribution is -2.38. The number of carbonyl (C=O) groups excluding carboxylic acids is 1. The van der Waals surface area contributed by atoms with Gasteiger partial charge in [-0.3, -0.25) is 4.79 Å². The number of thiophene rings is 1. The molecule has 25 heavy (non-hydrogen) atoms. The van der Waals surface area contributed by atoms with Crippen LogP contribution in [0.3, 0.4) is 0 Å². The zero-order valence-electron chi connectivity index (χ0n) is 14.1. The third-order valence-corrected chi connectivity index (χ3v) is 6.76. The Labute approximate surface area is 164 Å². The Hall–Kier alpha value is -1.48. The molecule has 2 heterocycles. The molecule has 2 N–H and O–H groups in total. The molecule has 0 radical (unpaired) electrons. The molecule has 0 saturated carbocycles. The smallest absolute Gasteiger partial charge is 0.256 e. The van der Waals surface area contributed by atoms with Crippen LogP contribution in [0, 0.1) is 3.57 Å². The van der Waals surface area contributed by atoms with Crippen molar-refractivity contribution in [3.8, 4) is 11.5 Å². The normalized spacial score (nSPS) is 18.7. The summed E-state index contributed by atoms with van der Waals surface area (Å²) in [7, 11) is 3.25.